The molecule has 3 N–H and O–H groups in total. The van der Waals surface area contributed by atoms with Crippen LogP contribution in [0.1, 0.15) is 50.4 Å². The molecule has 1 aliphatic rings. The Morgan fingerprint density at radius 3 is 3.00 bits per heavy atom. The second-order valence-electron chi connectivity index (χ2n) is 5.27. The van der Waals surface area contributed by atoms with Crippen LogP contribution in [0.5, 0.6) is 0 Å². The fourth-order valence-corrected chi connectivity index (χ4v) is 2.69. The molecule has 3 atom stereocenters. The van der Waals surface area contributed by atoms with Crippen molar-refractivity contribution in [1.82, 2.24) is 15.5 Å². The minimum atomic E-state index is -0.236. The molecule has 0 aromatic carbocycles. The molecular formula is C13H22N4O3. The summed E-state index contributed by atoms with van der Waals surface area (Å²) in [5.74, 6) is 0.671. The zero-order valence-electron chi connectivity index (χ0n) is 12.0. The summed E-state index contributed by atoms with van der Waals surface area (Å²) in [7, 11) is 1.58. The van der Waals surface area contributed by atoms with E-state index >= 15 is 0 Å². The molecule has 0 bridgehead atoms. The van der Waals surface area contributed by atoms with Gasteiger partial charge in [-0.05, 0) is 19.8 Å². The third-order valence-electron chi connectivity index (χ3n) is 3.72. The molecule has 0 saturated heterocycles. The molecule has 1 heterocycles. The first-order valence-corrected chi connectivity index (χ1v) is 6.98. The lowest BCUT2D eigenvalue weighted by atomic mass is 9.83. The highest BCUT2D eigenvalue weighted by Crippen LogP contribution is 2.26. The van der Waals surface area contributed by atoms with Crippen molar-refractivity contribution in [3.8, 4) is 0 Å². The number of methoxy groups -OCH3 is 1. The molecule has 1 aromatic heterocycles. The van der Waals surface area contributed by atoms with Crippen LogP contribution in [0.15, 0.2) is 4.52 Å². The second kappa shape index (κ2) is 6.81. The van der Waals surface area contributed by atoms with Gasteiger partial charge in [-0.15, -0.1) is 0 Å². The minimum absolute atomic E-state index is 0.0778. The van der Waals surface area contributed by atoms with Crippen molar-refractivity contribution in [2.24, 2.45) is 11.7 Å². The molecular weight excluding hydrogens is 260 g/mol. The van der Waals surface area contributed by atoms with E-state index in [2.05, 4.69) is 15.5 Å². The molecule has 0 unspecified atom stereocenters. The van der Waals surface area contributed by atoms with Gasteiger partial charge in [0.05, 0.1) is 12.0 Å². The van der Waals surface area contributed by atoms with Gasteiger partial charge in [0.1, 0.15) is 6.61 Å². The first kappa shape index (κ1) is 14.9. The van der Waals surface area contributed by atoms with Crippen molar-refractivity contribution in [3.05, 3.63) is 11.7 Å². The maximum atomic E-state index is 11.5. The first-order valence-electron chi connectivity index (χ1n) is 6.98. The highest BCUT2D eigenvalue weighted by Gasteiger charge is 2.31. The molecule has 1 aromatic rings. The monoisotopic (exact) mass is 282 g/mol. The van der Waals surface area contributed by atoms with Gasteiger partial charge in [-0.25, -0.2) is 0 Å². The highest BCUT2D eigenvalue weighted by molar-refractivity contribution is 5.77. The zero-order chi connectivity index (χ0) is 14.5. The van der Waals surface area contributed by atoms with Crippen molar-refractivity contribution in [2.75, 3.05) is 7.11 Å². The summed E-state index contributed by atoms with van der Waals surface area (Å²) in [4.78, 5) is 15.7. The maximum Gasteiger partial charge on any atom is 0.243 e. The summed E-state index contributed by atoms with van der Waals surface area (Å²) in [6, 6.07) is -0.0351. The molecule has 2 rings (SSSR count). The third kappa shape index (κ3) is 3.55. The summed E-state index contributed by atoms with van der Waals surface area (Å²) in [6.45, 7) is 2.26. The number of primary amides is 1. The van der Waals surface area contributed by atoms with Gasteiger partial charge in [-0.2, -0.15) is 4.98 Å². The first-order chi connectivity index (χ1) is 9.61. The van der Waals surface area contributed by atoms with E-state index in [1.54, 1.807) is 7.11 Å². The molecule has 1 amide bonds. The van der Waals surface area contributed by atoms with Crippen molar-refractivity contribution < 1.29 is 14.1 Å². The lowest BCUT2D eigenvalue weighted by Crippen LogP contribution is -2.45. The molecule has 20 heavy (non-hydrogen) atoms. The smallest absolute Gasteiger partial charge is 0.243 e. The number of nitrogens with one attached hydrogen (secondary N) is 1. The Labute approximate surface area is 118 Å². The van der Waals surface area contributed by atoms with Crippen molar-refractivity contribution in [3.63, 3.8) is 0 Å². The predicted molar refractivity (Wildman–Crippen MR) is 71.5 cm³/mol. The number of nitrogens with zero attached hydrogens (tertiary/aromatic N) is 2. The third-order valence-corrected chi connectivity index (χ3v) is 3.72. The van der Waals surface area contributed by atoms with Crippen LogP contribution in [-0.4, -0.2) is 29.2 Å². The van der Waals surface area contributed by atoms with E-state index in [0.29, 0.717) is 18.3 Å². The molecule has 7 nitrogen and oxygen atoms in total. The van der Waals surface area contributed by atoms with E-state index < -0.39 is 0 Å². The molecule has 1 aliphatic carbocycles. The standard InChI is InChI=1S/C13H22N4O3/c1-8(13-16-11(7-19-2)17-20-13)15-10-6-4-3-5-9(10)12(14)18/h8-10,15H,3-7H2,1-2H3,(H2,14,18)/t8-,9+,10-/m0/s1. The molecule has 0 spiro atoms. The lowest BCUT2D eigenvalue weighted by molar-refractivity contribution is -0.123. The minimum Gasteiger partial charge on any atom is -0.377 e. The van der Waals surface area contributed by atoms with Crippen molar-refractivity contribution >= 4 is 5.91 Å². The van der Waals surface area contributed by atoms with Gasteiger partial charge in [0, 0.05) is 13.2 Å². The molecule has 1 fully saturated rings. The van der Waals surface area contributed by atoms with E-state index in [9.17, 15) is 4.79 Å². The van der Waals surface area contributed by atoms with Crippen molar-refractivity contribution in [2.45, 2.75) is 51.3 Å². The van der Waals surface area contributed by atoms with Gasteiger partial charge in [-0.3, -0.25) is 4.79 Å². The maximum absolute atomic E-state index is 11.5. The van der Waals surface area contributed by atoms with Crippen LogP contribution in [0.4, 0.5) is 0 Å². The Hall–Kier alpha value is -1.47. The van der Waals surface area contributed by atoms with E-state index in [-0.39, 0.29) is 23.9 Å². The number of carbonyl (C=O) groups excluding carboxylic acids is 1. The Morgan fingerprint density at radius 1 is 1.55 bits per heavy atom. The molecule has 0 aliphatic heterocycles. The normalized spacial score (nSPS) is 24.5. The lowest BCUT2D eigenvalue weighted by Gasteiger charge is -2.31. The number of hydrogen-bond acceptors (Lipinski definition) is 6. The summed E-state index contributed by atoms with van der Waals surface area (Å²) in [5, 5.41) is 7.22. The Bertz CT molecular complexity index is 449. The number of ether oxygens (including phenoxy) is 1. The topological polar surface area (TPSA) is 103 Å². The van der Waals surface area contributed by atoms with Gasteiger partial charge in [0.25, 0.3) is 0 Å². The average molecular weight is 282 g/mol. The number of carbonyl (C=O) groups is 1. The summed E-state index contributed by atoms with van der Waals surface area (Å²) in [6.07, 6.45) is 3.95. The van der Waals surface area contributed by atoms with Crippen LogP contribution in [0.3, 0.4) is 0 Å². The van der Waals surface area contributed by atoms with Crippen LogP contribution >= 0.6 is 0 Å². The van der Waals surface area contributed by atoms with Crippen LogP contribution in [0, 0.1) is 5.92 Å². The van der Waals surface area contributed by atoms with E-state index in [4.69, 9.17) is 15.0 Å². The Balaban J connectivity index is 1.97. The van der Waals surface area contributed by atoms with Crippen LogP contribution < -0.4 is 11.1 Å². The van der Waals surface area contributed by atoms with E-state index in [1.807, 2.05) is 6.92 Å². The SMILES string of the molecule is COCc1noc([C@H](C)N[C@H]2CCCC[C@H]2C(N)=O)n1. The van der Waals surface area contributed by atoms with Gasteiger partial charge in [0.2, 0.25) is 11.8 Å². The fraction of sp³-hybridized carbons (Fsp3) is 0.769. The van der Waals surface area contributed by atoms with Gasteiger partial charge in [-0.1, -0.05) is 18.0 Å². The number of aromatic nitrogens is 2. The fourth-order valence-electron chi connectivity index (χ4n) is 2.69. The van der Waals surface area contributed by atoms with Crippen LogP contribution in [0.2, 0.25) is 0 Å². The highest BCUT2D eigenvalue weighted by atomic mass is 16.5. The predicted octanol–water partition coefficient (Wildman–Crippen LogP) is 0.911. The Morgan fingerprint density at radius 2 is 2.30 bits per heavy atom. The quantitative estimate of drug-likeness (QED) is 0.804. The van der Waals surface area contributed by atoms with Gasteiger partial charge < -0.3 is 20.3 Å². The summed E-state index contributed by atoms with van der Waals surface area (Å²) < 4.78 is 10.1. The summed E-state index contributed by atoms with van der Waals surface area (Å²) in [5.41, 5.74) is 5.47. The molecule has 0 radical (unpaired) electrons. The van der Waals surface area contributed by atoms with Crippen molar-refractivity contribution in [1.29, 1.82) is 0 Å². The zero-order valence-corrected chi connectivity index (χ0v) is 12.0. The second-order valence-corrected chi connectivity index (χ2v) is 5.27. The van der Waals surface area contributed by atoms with Crippen LogP contribution in [0.25, 0.3) is 0 Å². The number of rotatable bonds is 6. The Kier molecular flexibility index (Phi) is 5.08. The molecule has 1 saturated carbocycles. The number of amides is 1. The molecule has 112 valence electrons. The van der Waals surface area contributed by atoms with E-state index in [1.165, 1.54) is 0 Å². The molecule has 7 heteroatoms. The average Bonchev–Trinajstić information content (AvgIpc) is 2.88. The van der Waals surface area contributed by atoms with Crippen LogP contribution in [-0.2, 0) is 16.1 Å². The van der Waals surface area contributed by atoms with E-state index in [0.717, 1.165) is 25.7 Å². The van der Waals surface area contributed by atoms with Gasteiger partial charge in [0.15, 0.2) is 5.82 Å². The summed E-state index contributed by atoms with van der Waals surface area (Å²) >= 11 is 0. The van der Waals surface area contributed by atoms with Gasteiger partial charge >= 0.3 is 0 Å². The largest absolute Gasteiger partial charge is 0.377 e. The number of nitrogens with two attached hydrogens (primary N) is 1. The number of hydrogen-bond donors (Lipinski definition) is 2.